The van der Waals surface area contributed by atoms with Gasteiger partial charge in [0.05, 0.1) is 0 Å². The average Bonchev–Trinajstić information content (AvgIpc) is 3.18. The number of carbonyl (C=O) groups excluding carboxylic acids is 1. The molecule has 0 unspecified atom stereocenters. The van der Waals surface area contributed by atoms with Gasteiger partial charge in [0.1, 0.15) is 24.3 Å². The first-order chi connectivity index (χ1) is 16.5. The monoisotopic (exact) mass is 464 g/mol. The van der Waals surface area contributed by atoms with Crippen molar-refractivity contribution in [3.63, 3.8) is 0 Å². The van der Waals surface area contributed by atoms with Crippen molar-refractivity contribution in [3.05, 3.63) is 65.0 Å². The van der Waals surface area contributed by atoms with Gasteiger partial charge in [-0.1, -0.05) is 38.5 Å². The van der Waals surface area contributed by atoms with Crippen molar-refractivity contribution >= 4 is 5.97 Å². The Morgan fingerprint density at radius 3 is 2.71 bits per heavy atom. The lowest BCUT2D eigenvalue weighted by molar-refractivity contribution is -0.157. The van der Waals surface area contributed by atoms with Crippen LogP contribution in [0.2, 0.25) is 0 Å². The molecule has 2 fully saturated rings. The molecule has 5 rings (SSSR count). The number of hydrogen-bond donors (Lipinski definition) is 0. The highest BCUT2D eigenvalue weighted by Gasteiger charge is 2.56. The summed E-state index contributed by atoms with van der Waals surface area (Å²) in [5, 5.41) is 0. The maximum atomic E-state index is 13.1. The minimum absolute atomic E-state index is 0.00185. The Morgan fingerprint density at radius 1 is 1.09 bits per heavy atom. The molecular formula is C30H37FO3. The standard InChI is InChI=1S/C30H37FO3/c1-3-4-5-29(32)34-28-15-14-27-26-12-8-21-18-23(33-19-20-6-9-22(31)10-7-20)11-13-24(21)25(26)16-17-30(27,28)2/h6-7,9-11,13,18,25-28H,3-5,8,12,14-17,19H2,1-2H3/t25-,26-,27+,28+,30+/m1/s1. The Kier molecular flexibility index (Phi) is 6.68. The van der Waals surface area contributed by atoms with Crippen LogP contribution in [-0.4, -0.2) is 12.1 Å². The highest BCUT2D eigenvalue weighted by Crippen LogP contribution is 2.61. The molecule has 3 aliphatic carbocycles. The summed E-state index contributed by atoms with van der Waals surface area (Å²) >= 11 is 0. The molecule has 3 nitrogen and oxygen atoms in total. The van der Waals surface area contributed by atoms with Crippen LogP contribution in [0.1, 0.15) is 87.8 Å². The summed E-state index contributed by atoms with van der Waals surface area (Å²) < 4.78 is 25.2. The van der Waals surface area contributed by atoms with Gasteiger partial charge in [0.25, 0.3) is 0 Å². The summed E-state index contributed by atoms with van der Waals surface area (Å²) in [5.74, 6) is 2.58. The molecule has 0 heterocycles. The van der Waals surface area contributed by atoms with Crippen LogP contribution in [0.4, 0.5) is 4.39 Å². The van der Waals surface area contributed by atoms with Gasteiger partial charge in [-0.05, 0) is 104 Å². The predicted octanol–water partition coefficient (Wildman–Crippen LogP) is 7.36. The van der Waals surface area contributed by atoms with Crippen LogP contribution in [0.15, 0.2) is 42.5 Å². The molecule has 2 aromatic carbocycles. The van der Waals surface area contributed by atoms with Gasteiger partial charge in [0, 0.05) is 11.8 Å². The van der Waals surface area contributed by atoms with Crippen LogP contribution >= 0.6 is 0 Å². The van der Waals surface area contributed by atoms with Crippen molar-refractivity contribution in [1.82, 2.24) is 0 Å². The maximum absolute atomic E-state index is 13.1. The molecule has 2 saturated carbocycles. The third kappa shape index (κ3) is 4.48. The van der Waals surface area contributed by atoms with Gasteiger partial charge >= 0.3 is 5.97 Å². The Bertz CT molecular complexity index is 1020. The van der Waals surface area contributed by atoms with Crippen molar-refractivity contribution in [2.24, 2.45) is 17.3 Å². The first-order valence-corrected chi connectivity index (χ1v) is 13.2. The molecule has 3 aliphatic rings. The molecule has 2 aromatic rings. The smallest absolute Gasteiger partial charge is 0.306 e. The van der Waals surface area contributed by atoms with Crippen molar-refractivity contribution in [1.29, 1.82) is 0 Å². The van der Waals surface area contributed by atoms with Crippen LogP contribution in [-0.2, 0) is 22.6 Å². The van der Waals surface area contributed by atoms with E-state index in [1.54, 1.807) is 12.1 Å². The number of fused-ring (bicyclic) bond motifs is 5. The van der Waals surface area contributed by atoms with Gasteiger partial charge in [-0.15, -0.1) is 0 Å². The van der Waals surface area contributed by atoms with E-state index in [9.17, 15) is 9.18 Å². The van der Waals surface area contributed by atoms with Crippen molar-refractivity contribution in [3.8, 4) is 5.75 Å². The Morgan fingerprint density at radius 2 is 1.91 bits per heavy atom. The predicted molar refractivity (Wildman–Crippen MR) is 131 cm³/mol. The zero-order valence-corrected chi connectivity index (χ0v) is 20.5. The summed E-state index contributed by atoms with van der Waals surface area (Å²) in [6.45, 7) is 4.95. The minimum atomic E-state index is -0.223. The van der Waals surface area contributed by atoms with E-state index in [2.05, 4.69) is 32.0 Å². The van der Waals surface area contributed by atoms with E-state index in [-0.39, 0.29) is 23.3 Å². The summed E-state index contributed by atoms with van der Waals surface area (Å²) in [6, 6.07) is 13.1. The molecule has 5 atom stereocenters. The third-order valence-corrected chi connectivity index (χ3v) is 8.94. The SMILES string of the molecule is CCCCC(=O)O[C@H]1CC[C@H]2[C@@H]3CCc4cc(OCc5ccc(F)cc5)ccc4[C@H]3CC[C@]12C. The summed E-state index contributed by atoms with van der Waals surface area (Å²) in [6.07, 6.45) is 9.38. The molecule has 182 valence electrons. The van der Waals surface area contributed by atoms with Gasteiger partial charge in [0.15, 0.2) is 0 Å². The van der Waals surface area contributed by atoms with Crippen LogP contribution in [0.5, 0.6) is 5.75 Å². The lowest BCUT2D eigenvalue weighted by atomic mass is 9.55. The van der Waals surface area contributed by atoms with E-state index >= 15 is 0 Å². The topological polar surface area (TPSA) is 35.5 Å². The molecule has 0 saturated heterocycles. The number of carbonyl (C=O) groups is 1. The van der Waals surface area contributed by atoms with Crippen molar-refractivity contribution in [2.75, 3.05) is 0 Å². The second-order valence-corrected chi connectivity index (χ2v) is 10.9. The number of rotatable bonds is 7. The quantitative estimate of drug-likeness (QED) is 0.402. The van der Waals surface area contributed by atoms with E-state index in [1.165, 1.54) is 42.5 Å². The lowest BCUT2D eigenvalue weighted by Crippen LogP contribution is -2.45. The lowest BCUT2D eigenvalue weighted by Gasteiger charge is -2.50. The first-order valence-electron chi connectivity index (χ1n) is 13.2. The highest BCUT2D eigenvalue weighted by molar-refractivity contribution is 5.69. The van der Waals surface area contributed by atoms with E-state index in [0.717, 1.165) is 43.4 Å². The van der Waals surface area contributed by atoms with Crippen LogP contribution in [0.3, 0.4) is 0 Å². The average molecular weight is 465 g/mol. The summed E-state index contributed by atoms with van der Waals surface area (Å²) in [4.78, 5) is 12.4. The first kappa shape index (κ1) is 23.4. The number of esters is 1. The minimum Gasteiger partial charge on any atom is -0.489 e. The van der Waals surface area contributed by atoms with Crippen molar-refractivity contribution in [2.45, 2.75) is 90.3 Å². The Hall–Kier alpha value is -2.36. The number of unbranched alkanes of at least 4 members (excludes halogenated alkanes) is 1. The van der Waals surface area contributed by atoms with Gasteiger partial charge in [-0.25, -0.2) is 4.39 Å². The third-order valence-electron chi connectivity index (χ3n) is 8.94. The zero-order chi connectivity index (χ0) is 23.7. The molecule has 0 N–H and O–H groups in total. The molecule has 34 heavy (non-hydrogen) atoms. The van der Waals surface area contributed by atoms with Gasteiger partial charge in [0.2, 0.25) is 0 Å². The number of hydrogen-bond acceptors (Lipinski definition) is 3. The molecular weight excluding hydrogens is 427 g/mol. The van der Waals surface area contributed by atoms with E-state index in [1.807, 2.05) is 0 Å². The molecule has 0 aromatic heterocycles. The normalized spacial score (nSPS) is 29.6. The van der Waals surface area contributed by atoms with Crippen LogP contribution in [0, 0.1) is 23.1 Å². The number of halogens is 1. The molecule has 0 bridgehead atoms. The maximum Gasteiger partial charge on any atom is 0.306 e. The fourth-order valence-electron chi connectivity index (χ4n) is 7.08. The molecule has 0 radical (unpaired) electrons. The van der Waals surface area contributed by atoms with Crippen LogP contribution in [0.25, 0.3) is 0 Å². The zero-order valence-electron chi connectivity index (χ0n) is 20.5. The number of benzene rings is 2. The Balaban J connectivity index is 1.25. The van der Waals surface area contributed by atoms with E-state index in [0.29, 0.717) is 30.8 Å². The highest BCUT2D eigenvalue weighted by atomic mass is 19.1. The molecule has 0 aliphatic heterocycles. The van der Waals surface area contributed by atoms with E-state index in [4.69, 9.17) is 9.47 Å². The fourth-order valence-corrected chi connectivity index (χ4v) is 7.08. The molecule has 0 spiro atoms. The molecule has 4 heteroatoms. The van der Waals surface area contributed by atoms with Crippen molar-refractivity contribution < 1.29 is 18.7 Å². The number of ether oxygens (including phenoxy) is 2. The second-order valence-electron chi connectivity index (χ2n) is 10.9. The Labute approximate surface area is 203 Å². The largest absolute Gasteiger partial charge is 0.489 e. The van der Waals surface area contributed by atoms with Gasteiger partial charge in [-0.3, -0.25) is 4.79 Å². The van der Waals surface area contributed by atoms with Crippen LogP contribution < -0.4 is 4.74 Å². The van der Waals surface area contributed by atoms with E-state index < -0.39 is 0 Å². The second kappa shape index (κ2) is 9.71. The fraction of sp³-hybridized carbons (Fsp3) is 0.567. The molecule has 0 amide bonds. The summed E-state index contributed by atoms with van der Waals surface area (Å²) in [7, 11) is 0. The summed E-state index contributed by atoms with van der Waals surface area (Å²) in [5.41, 5.74) is 4.01. The number of aryl methyl sites for hydroxylation is 1. The van der Waals surface area contributed by atoms with Gasteiger partial charge in [-0.2, -0.15) is 0 Å². The van der Waals surface area contributed by atoms with Gasteiger partial charge < -0.3 is 9.47 Å².